The van der Waals surface area contributed by atoms with Crippen LogP contribution in [0, 0.1) is 0 Å². The van der Waals surface area contributed by atoms with Crippen molar-refractivity contribution in [1.82, 2.24) is 20.1 Å². The Morgan fingerprint density at radius 3 is 2.80 bits per heavy atom. The number of carbonyl (C=O) groups excluding carboxylic acids is 1. The van der Waals surface area contributed by atoms with E-state index >= 15 is 0 Å². The summed E-state index contributed by atoms with van der Waals surface area (Å²) in [5.41, 5.74) is 1.67. The minimum absolute atomic E-state index is 0.275. The lowest BCUT2D eigenvalue weighted by atomic mass is 10.1. The smallest absolute Gasteiger partial charge is 0.319 e. The number of hydrogen-bond acceptors (Lipinski definition) is 4. The molecular formula is C18H19N5O2. The zero-order valence-electron chi connectivity index (χ0n) is 13.8. The first-order valence-corrected chi connectivity index (χ1v) is 7.89. The number of aromatic nitrogens is 3. The van der Waals surface area contributed by atoms with E-state index in [0.717, 1.165) is 11.3 Å². The van der Waals surface area contributed by atoms with Crippen molar-refractivity contribution >= 4 is 11.7 Å². The molecule has 0 fully saturated rings. The molecule has 2 amide bonds. The van der Waals surface area contributed by atoms with Crippen LogP contribution in [-0.2, 0) is 6.42 Å². The highest BCUT2D eigenvalue weighted by molar-refractivity contribution is 5.89. The van der Waals surface area contributed by atoms with Crippen molar-refractivity contribution in [2.45, 2.75) is 6.42 Å². The zero-order chi connectivity index (χ0) is 17.5. The predicted octanol–water partition coefficient (Wildman–Crippen LogP) is 2.64. The molecule has 0 saturated carbocycles. The third kappa shape index (κ3) is 4.35. The molecule has 2 aromatic heterocycles. The number of urea groups is 1. The fourth-order valence-corrected chi connectivity index (χ4v) is 2.40. The second-order valence-corrected chi connectivity index (χ2v) is 5.30. The van der Waals surface area contributed by atoms with Crippen LogP contribution in [-0.4, -0.2) is 34.5 Å². The lowest BCUT2D eigenvalue weighted by Gasteiger charge is -2.10. The molecule has 0 spiro atoms. The minimum atomic E-state index is -0.275. The van der Waals surface area contributed by atoms with Crippen LogP contribution in [0.4, 0.5) is 10.5 Å². The summed E-state index contributed by atoms with van der Waals surface area (Å²) >= 11 is 0. The van der Waals surface area contributed by atoms with Crippen LogP contribution in [0.25, 0.3) is 5.82 Å². The molecule has 0 unspecified atom stereocenters. The summed E-state index contributed by atoms with van der Waals surface area (Å²) in [4.78, 5) is 16.2. The maximum absolute atomic E-state index is 12.0. The van der Waals surface area contributed by atoms with Gasteiger partial charge in [-0.05, 0) is 36.2 Å². The lowest BCUT2D eigenvalue weighted by molar-refractivity contribution is 0.252. The van der Waals surface area contributed by atoms with Gasteiger partial charge in [-0.25, -0.2) is 14.5 Å². The predicted molar refractivity (Wildman–Crippen MR) is 95.1 cm³/mol. The molecule has 2 N–H and O–H groups in total. The van der Waals surface area contributed by atoms with Gasteiger partial charge >= 0.3 is 6.03 Å². The van der Waals surface area contributed by atoms with Gasteiger partial charge in [0.1, 0.15) is 5.75 Å². The number of ether oxygens (including phenoxy) is 1. The van der Waals surface area contributed by atoms with E-state index in [9.17, 15) is 4.79 Å². The Balaban J connectivity index is 1.49. The van der Waals surface area contributed by atoms with Crippen molar-refractivity contribution in [3.8, 4) is 11.6 Å². The van der Waals surface area contributed by atoms with E-state index in [1.54, 1.807) is 42.5 Å². The third-order valence-corrected chi connectivity index (χ3v) is 3.62. The van der Waals surface area contributed by atoms with Crippen molar-refractivity contribution in [1.29, 1.82) is 0 Å². The molecule has 0 bridgehead atoms. The van der Waals surface area contributed by atoms with Gasteiger partial charge < -0.3 is 15.4 Å². The molecule has 7 heteroatoms. The summed E-state index contributed by atoms with van der Waals surface area (Å²) in [5.74, 6) is 1.51. The van der Waals surface area contributed by atoms with E-state index in [1.807, 2.05) is 30.3 Å². The number of hydrogen-bond donors (Lipinski definition) is 2. The first kappa shape index (κ1) is 16.5. The minimum Gasteiger partial charge on any atom is -0.496 e. The Morgan fingerprint density at radius 1 is 1.20 bits per heavy atom. The summed E-state index contributed by atoms with van der Waals surface area (Å²) in [7, 11) is 1.64. The van der Waals surface area contributed by atoms with Crippen LogP contribution in [0.1, 0.15) is 5.56 Å². The van der Waals surface area contributed by atoms with Crippen molar-refractivity contribution in [2.75, 3.05) is 19.0 Å². The van der Waals surface area contributed by atoms with Crippen LogP contribution in [0.2, 0.25) is 0 Å². The van der Waals surface area contributed by atoms with Crippen LogP contribution in [0.3, 0.4) is 0 Å². The van der Waals surface area contributed by atoms with E-state index in [4.69, 9.17) is 4.74 Å². The Labute approximate surface area is 145 Å². The van der Waals surface area contributed by atoms with Gasteiger partial charge in [0.05, 0.1) is 19.0 Å². The Kier molecular flexibility index (Phi) is 5.26. The number of anilines is 1. The summed E-state index contributed by atoms with van der Waals surface area (Å²) in [6.45, 7) is 0.505. The average Bonchev–Trinajstić information content (AvgIpc) is 3.17. The van der Waals surface area contributed by atoms with Crippen LogP contribution in [0.15, 0.2) is 61.1 Å². The van der Waals surface area contributed by atoms with Gasteiger partial charge in [-0.3, -0.25) is 0 Å². The van der Waals surface area contributed by atoms with Crippen molar-refractivity contribution < 1.29 is 9.53 Å². The Hall–Kier alpha value is -3.35. The number of amides is 2. The standard InChI is InChI=1S/C18H19N5O2/c1-25-16-6-3-2-5-14(16)9-11-19-18(24)22-15-7-8-17(20-13-15)23-12-4-10-21-23/h2-8,10,12-13H,9,11H2,1H3,(H2,19,22,24). The number of nitrogens with one attached hydrogen (secondary N) is 2. The topological polar surface area (TPSA) is 81.1 Å². The van der Waals surface area contributed by atoms with Gasteiger partial charge in [0, 0.05) is 18.9 Å². The lowest BCUT2D eigenvalue weighted by Crippen LogP contribution is -2.30. The summed E-state index contributed by atoms with van der Waals surface area (Å²) in [6.07, 6.45) is 5.77. The highest BCUT2D eigenvalue weighted by Crippen LogP contribution is 2.17. The fraction of sp³-hybridized carbons (Fsp3) is 0.167. The number of rotatable bonds is 6. The van der Waals surface area contributed by atoms with E-state index in [-0.39, 0.29) is 6.03 Å². The maximum Gasteiger partial charge on any atom is 0.319 e. The number of carbonyl (C=O) groups is 1. The molecule has 7 nitrogen and oxygen atoms in total. The molecule has 1 aromatic carbocycles. The molecule has 2 heterocycles. The molecule has 0 aliphatic carbocycles. The normalized spacial score (nSPS) is 10.3. The number of pyridine rings is 1. The van der Waals surface area contributed by atoms with Gasteiger partial charge in [-0.15, -0.1) is 0 Å². The molecule has 25 heavy (non-hydrogen) atoms. The number of methoxy groups -OCH3 is 1. The van der Waals surface area contributed by atoms with Crippen LogP contribution < -0.4 is 15.4 Å². The molecule has 0 radical (unpaired) electrons. The van der Waals surface area contributed by atoms with Gasteiger partial charge in [-0.1, -0.05) is 18.2 Å². The summed E-state index contributed by atoms with van der Waals surface area (Å²) in [6, 6.07) is 12.9. The third-order valence-electron chi connectivity index (χ3n) is 3.62. The number of nitrogens with zero attached hydrogens (tertiary/aromatic N) is 3. The Bertz CT molecular complexity index is 816. The second kappa shape index (κ2) is 7.96. The van der Waals surface area contributed by atoms with Gasteiger partial charge in [0.15, 0.2) is 5.82 Å². The average molecular weight is 337 g/mol. The number of benzene rings is 1. The molecule has 128 valence electrons. The van der Waals surface area contributed by atoms with Crippen molar-refractivity contribution in [3.63, 3.8) is 0 Å². The maximum atomic E-state index is 12.0. The van der Waals surface area contributed by atoms with Crippen LogP contribution in [0.5, 0.6) is 5.75 Å². The van der Waals surface area contributed by atoms with Gasteiger partial charge in [-0.2, -0.15) is 5.10 Å². The molecule has 3 rings (SSSR count). The van der Waals surface area contributed by atoms with Gasteiger partial charge in [0.25, 0.3) is 0 Å². The van der Waals surface area contributed by atoms with E-state index in [2.05, 4.69) is 20.7 Å². The summed E-state index contributed by atoms with van der Waals surface area (Å²) in [5, 5.41) is 9.68. The Morgan fingerprint density at radius 2 is 2.08 bits per heavy atom. The molecule has 0 atom stereocenters. The molecule has 0 aliphatic rings. The van der Waals surface area contributed by atoms with Gasteiger partial charge in [0.2, 0.25) is 0 Å². The molecule has 3 aromatic rings. The highest BCUT2D eigenvalue weighted by Gasteiger charge is 2.05. The highest BCUT2D eigenvalue weighted by atomic mass is 16.5. The molecule has 0 aliphatic heterocycles. The largest absolute Gasteiger partial charge is 0.496 e. The first-order chi connectivity index (χ1) is 12.3. The van der Waals surface area contributed by atoms with E-state index in [1.165, 1.54) is 0 Å². The molecular weight excluding hydrogens is 318 g/mol. The quantitative estimate of drug-likeness (QED) is 0.724. The zero-order valence-corrected chi connectivity index (χ0v) is 13.8. The van der Waals surface area contributed by atoms with E-state index < -0.39 is 0 Å². The van der Waals surface area contributed by atoms with Crippen molar-refractivity contribution in [3.05, 3.63) is 66.6 Å². The number of para-hydroxylation sites is 1. The monoisotopic (exact) mass is 337 g/mol. The second-order valence-electron chi connectivity index (χ2n) is 5.30. The van der Waals surface area contributed by atoms with Crippen LogP contribution >= 0.6 is 0 Å². The van der Waals surface area contributed by atoms with E-state index in [0.29, 0.717) is 24.5 Å². The fourth-order valence-electron chi connectivity index (χ4n) is 2.40. The molecule has 0 saturated heterocycles. The SMILES string of the molecule is COc1ccccc1CCNC(=O)Nc1ccc(-n2cccn2)nc1. The first-order valence-electron chi connectivity index (χ1n) is 7.89. The van der Waals surface area contributed by atoms with Crippen molar-refractivity contribution in [2.24, 2.45) is 0 Å². The summed E-state index contributed by atoms with van der Waals surface area (Å²) < 4.78 is 6.95.